The Balaban J connectivity index is 1.85. The first-order chi connectivity index (χ1) is 12.5. The maximum absolute atomic E-state index is 13.7. The van der Waals surface area contributed by atoms with Gasteiger partial charge >= 0.3 is 0 Å². The summed E-state index contributed by atoms with van der Waals surface area (Å²) >= 11 is 0. The van der Waals surface area contributed by atoms with Crippen molar-refractivity contribution in [2.24, 2.45) is 0 Å². The molecule has 1 heterocycles. The minimum absolute atomic E-state index is 0.118. The predicted molar refractivity (Wildman–Crippen MR) is 95.9 cm³/mol. The SMILES string of the molecule is CCc1ccc(C)cc1-c1cnc(NC(=O)c2c(F)cccc2F)cn1. The maximum Gasteiger partial charge on any atom is 0.262 e. The van der Waals surface area contributed by atoms with Crippen molar-refractivity contribution in [3.63, 3.8) is 0 Å². The van der Waals surface area contributed by atoms with Gasteiger partial charge in [-0.2, -0.15) is 0 Å². The van der Waals surface area contributed by atoms with Crippen molar-refractivity contribution < 1.29 is 13.6 Å². The largest absolute Gasteiger partial charge is 0.305 e. The number of carbonyl (C=O) groups excluding carboxylic acids is 1. The highest BCUT2D eigenvalue weighted by atomic mass is 19.1. The molecule has 1 amide bonds. The van der Waals surface area contributed by atoms with Crippen LogP contribution < -0.4 is 5.32 Å². The van der Waals surface area contributed by atoms with Crippen LogP contribution in [0.5, 0.6) is 0 Å². The summed E-state index contributed by atoms with van der Waals surface area (Å²) in [7, 11) is 0. The molecule has 0 fully saturated rings. The number of hydrogen-bond donors (Lipinski definition) is 1. The average Bonchev–Trinajstić information content (AvgIpc) is 2.62. The van der Waals surface area contributed by atoms with E-state index in [2.05, 4.69) is 22.2 Å². The number of benzene rings is 2. The zero-order valence-corrected chi connectivity index (χ0v) is 14.4. The summed E-state index contributed by atoms with van der Waals surface area (Å²) in [4.78, 5) is 20.6. The lowest BCUT2D eigenvalue weighted by Gasteiger charge is -2.10. The van der Waals surface area contributed by atoms with Gasteiger partial charge in [0.05, 0.1) is 18.1 Å². The van der Waals surface area contributed by atoms with E-state index < -0.39 is 23.1 Å². The lowest BCUT2D eigenvalue weighted by Crippen LogP contribution is -2.16. The third-order valence-corrected chi connectivity index (χ3v) is 4.01. The molecule has 0 aliphatic rings. The van der Waals surface area contributed by atoms with Gasteiger partial charge < -0.3 is 5.32 Å². The van der Waals surface area contributed by atoms with Gasteiger partial charge in [0.25, 0.3) is 5.91 Å². The molecule has 3 aromatic rings. The molecule has 0 spiro atoms. The number of carbonyl (C=O) groups is 1. The topological polar surface area (TPSA) is 54.9 Å². The predicted octanol–water partition coefficient (Wildman–Crippen LogP) is 4.54. The van der Waals surface area contributed by atoms with E-state index in [0.29, 0.717) is 5.69 Å². The summed E-state index contributed by atoms with van der Waals surface area (Å²) in [6.07, 6.45) is 3.75. The molecule has 0 bridgehead atoms. The van der Waals surface area contributed by atoms with E-state index in [1.807, 2.05) is 25.1 Å². The number of amides is 1. The Morgan fingerprint density at radius 1 is 1.08 bits per heavy atom. The van der Waals surface area contributed by atoms with Crippen molar-refractivity contribution in [1.82, 2.24) is 9.97 Å². The monoisotopic (exact) mass is 353 g/mol. The highest BCUT2D eigenvalue weighted by Gasteiger charge is 2.17. The van der Waals surface area contributed by atoms with Gasteiger partial charge in [-0.25, -0.2) is 13.8 Å². The molecule has 3 rings (SSSR count). The molecule has 0 radical (unpaired) electrons. The van der Waals surface area contributed by atoms with Crippen LogP contribution in [0.2, 0.25) is 0 Å². The molecule has 4 nitrogen and oxygen atoms in total. The van der Waals surface area contributed by atoms with Gasteiger partial charge in [0.2, 0.25) is 0 Å². The van der Waals surface area contributed by atoms with Crippen LogP contribution in [0, 0.1) is 18.6 Å². The number of halogens is 2. The maximum atomic E-state index is 13.7. The van der Waals surface area contributed by atoms with Crippen molar-refractivity contribution in [1.29, 1.82) is 0 Å². The molecule has 6 heteroatoms. The number of hydrogen-bond acceptors (Lipinski definition) is 3. The minimum Gasteiger partial charge on any atom is -0.305 e. The summed E-state index contributed by atoms with van der Waals surface area (Å²) in [5, 5.41) is 2.37. The van der Waals surface area contributed by atoms with Gasteiger partial charge in [0.1, 0.15) is 17.2 Å². The van der Waals surface area contributed by atoms with Crippen LogP contribution in [0.1, 0.15) is 28.4 Å². The van der Waals surface area contributed by atoms with Gasteiger partial charge in [-0.1, -0.05) is 30.7 Å². The van der Waals surface area contributed by atoms with Crippen LogP contribution in [0.3, 0.4) is 0 Å². The summed E-state index contributed by atoms with van der Waals surface area (Å²) in [5.74, 6) is -2.65. The Labute approximate surface area is 149 Å². The Bertz CT molecular complexity index is 936. The Morgan fingerprint density at radius 2 is 1.81 bits per heavy atom. The molecule has 0 saturated heterocycles. The lowest BCUT2D eigenvalue weighted by atomic mass is 10.0. The van der Waals surface area contributed by atoms with Crippen molar-refractivity contribution in [2.75, 3.05) is 5.32 Å². The quantitative estimate of drug-likeness (QED) is 0.749. The Hall–Kier alpha value is -3.15. The minimum atomic E-state index is -0.931. The van der Waals surface area contributed by atoms with Crippen LogP contribution in [-0.2, 0) is 6.42 Å². The number of aromatic nitrogens is 2. The number of nitrogens with one attached hydrogen (secondary N) is 1. The summed E-state index contributed by atoms with van der Waals surface area (Å²) in [6, 6.07) is 9.35. The highest BCUT2D eigenvalue weighted by molar-refractivity contribution is 6.04. The summed E-state index contributed by atoms with van der Waals surface area (Å²) < 4.78 is 27.3. The van der Waals surface area contributed by atoms with Crippen LogP contribution in [0.15, 0.2) is 48.8 Å². The second-order valence-corrected chi connectivity index (χ2v) is 5.85. The van der Waals surface area contributed by atoms with Gasteiger partial charge in [-0.15, -0.1) is 0 Å². The molecular formula is C20H17F2N3O. The fourth-order valence-corrected chi connectivity index (χ4v) is 2.66. The first-order valence-electron chi connectivity index (χ1n) is 8.17. The molecule has 1 aromatic heterocycles. The Kier molecular flexibility index (Phi) is 5.02. The first-order valence-corrected chi connectivity index (χ1v) is 8.17. The number of aryl methyl sites for hydroxylation is 2. The summed E-state index contributed by atoms with van der Waals surface area (Å²) in [6.45, 7) is 4.05. The molecule has 0 unspecified atom stereocenters. The molecule has 2 aromatic carbocycles. The lowest BCUT2D eigenvalue weighted by molar-refractivity contribution is 0.101. The molecular weight excluding hydrogens is 336 g/mol. The highest BCUT2D eigenvalue weighted by Crippen LogP contribution is 2.24. The number of rotatable bonds is 4. The zero-order chi connectivity index (χ0) is 18.7. The molecule has 0 aliphatic carbocycles. The fraction of sp³-hybridized carbons (Fsp3) is 0.150. The second kappa shape index (κ2) is 7.39. The van der Waals surface area contributed by atoms with E-state index in [0.717, 1.165) is 35.2 Å². The van der Waals surface area contributed by atoms with Gasteiger partial charge in [0.15, 0.2) is 5.82 Å². The molecule has 0 saturated carbocycles. The van der Waals surface area contributed by atoms with E-state index in [4.69, 9.17) is 0 Å². The summed E-state index contributed by atoms with van der Waals surface area (Å²) in [5.41, 5.74) is 3.23. The first kappa shape index (κ1) is 17.7. The molecule has 1 N–H and O–H groups in total. The smallest absolute Gasteiger partial charge is 0.262 e. The van der Waals surface area contributed by atoms with E-state index in [1.165, 1.54) is 18.5 Å². The third kappa shape index (κ3) is 3.59. The molecule has 0 atom stereocenters. The van der Waals surface area contributed by atoms with Crippen LogP contribution in [-0.4, -0.2) is 15.9 Å². The zero-order valence-electron chi connectivity index (χ0n) is 14.4. The fourth-order valence-electron chi connectivity index (χ4n) is 2.66. The van der Waals surface area contributed by atoms with Crippen molar-refractivity contribution >= 4 is 11.7 Å². The van der Waals surface area contributed by atoms with Crippen LogP contribution in [0.4, 0.5) is 14.6 Å². The molecule has 0 aliphatic heterocycles. The Morgan fingerprint density at radius 3 is 2.42 bits per heavy atom. The van der Waals surface area contributed by atoms with Gasteiger partial charge in [-0.05, 0) is 37.1 Å². The molecule has 26 heavy (non-hydrogen) atoms. The normalized spacial score (nSPS) is 10.6. The standard InChI is InChI=1S/C20H17F2N3O/c1-3-13-8-7-12(2)9-14(13)17-10-24-18(11-23-17)25-20(26)19-15(21)5-4-6-16(19)22/h4-11H,3H2,1-2H3,(H,24,25,26). The number of anilines is 1. The van der Waals surface area contributed by atoms with Crippen LogP contribution >= 0.6 is 0 Å². The van der Waals surface area contributed by atoms with Gasteiger partial charge in [-0.3, -0.25) is 9.78 Å². The van der Waals surface area contributed by atoms with Gasteiger partial charge in [0, 0.05) is 5.56 Å². The molecule has 132 valence electrons. The van der Waals surface area contributed by atoms with Crippen molar-refractivity contribution in [3.05, 3.63) is 77.1 Å². The van der Waals surface area contributed by atoms with E-state index in [1.54, 1.807) is 0 Å². The van der Waals surface area contributed by atoms with E-state index in [-0.39, 0.29) is 5.82 Å². The van der Waals surface area contributed by atoms with Crippen molar-refractivity contribution in [2.45, 2.75) is 20.3 Å². The number of nitrogens with zero attached hydrogens (tertiary/aromatic N) is 2. The third-order valence-electron chi connectivity index (χ3n) is 4.01. The van der Waals surface area contributed by atoms with E-state index in [9.17, 15) is 13.6 Å². The van der Waals surface area contributed by atoms with Crippen molar-refractivity contribution in [3.8, 4) is 11.3 Å². The average molecular weight is 353 g/mol. The second-order valence-electron chi connectivity index (χ2n) is 5.85. The van der Waals surface area contributed by atoms with Crippen LogP contribution in [0.25, 0.3) is 11.3 Å². The van der Waals surface area contributed by atoms with E-state index >= 15 is 0 Å².